The number of hydrogen-bond acceptors (Lipinski definition) is 11. The first-order valence-electron chi connectivity index (χ1n) is 23.2. The van der Waals surface area contributed by atoms with Crippen LogP contribution in [0.5, 0.6) is 0 Å². The van der Waals surface area contributed by atoms with Gasteiger partial charge in [-0.2, -0.15) is 0 Å². The number of hydrogen-bond donors (Lipinski definition) is 2. The van der Waals surface area contributed by atoms with Gasteiger partial charge in [0.25, 0.3) is 0 Å². The Balaban J connectivity index is 0.947. The molecule has 1 aliphatic heterocycles. The maximum atomic E-state index is 15.6. The summed E-state index contributed by atoms with van der Waals surface area (Å²) in [4.78, 5) is 81.1. The van der Waals surface area contributed by atoms with Crippen molar-refractivity contribution in [2.75, 3.05) is 24.2 Å². The molecule has 2 aliphatic rings. The molecule has 5 aromatic rings. The summed E-state index contributed by atoms with van der Waals surface area (Å²) >= 11 is 1.55. The number of pyridine rings is 1. The number of nitrogens with zero attached hydrogens (tertiary/aromatic N) is 4. The second-order valence-corrected chi connectivity index (χ2v) is 22.1. The number of ketones is 2. The Hall–Kier alpha value is -6.30. The molecule has 3 heterocycles. The van der Waals surface area contributed by atoms with E-state index in [0.717, 1.165) is 33.8 Å². The normalized spacial score (nSPS) is 16.1. The average Bonchev–Trinajstić information content (AvgIpc) is 4.07. The number of thiazole rings is 1. The summed E-state index contributed by atoms with van der Waals surface area (Å²) in [6, 6.07) is 17.4. The van der Waals surface area contributed by atoms with Crippen LogP contribution in [0.3, 0.4) is 0 Å². The highest BCUT2D eigenvalue weighted by Gasteiger charge is 2.44. The van der Waals surface area contributed by atoms with Crippen LogP contribution in [0, 0.1) is 29.9 Å². The van der Waals surface area contributed by atoms with Gasteiger partial charge >= 0.3 is 0 Å². The number of sulfone groups is 1. The van der Waals surface area contributed by atoms with Crippen molar-refractivity contribution < 1.29 is 46.3 Å². The summed E-state index contributed by atoms with van der Waals surface area (Å²) in [6.07, 6.45) is 2.48. The zero-order valence-electron chi connectivity index (χ0n) is 40.1. The quantitative estimate of drug-likeness (QED) is 0.0811. The van der Waals surface area contributed by atoms with Crippen molar-refractivity contribution in [3.05, 3.63) is 130 Å². The molecule has 1 fully saturated rings. The molecule has 0 spiro atoms. The largest absolute Gasteiger partial charge is 0.391 e. The average molecular weight is 994 g/mol. The first kappa shape index (κ1) is 51.5. The van der Waals surface area contributed by atoms with E-state index in [2.05, 4.69) is 15.3 Å². The topological polar surface area (TPSA) is 184 Å². The van der Waals surface area contributed by atoms with Crippen LogP contribution in [0.2, 0.25) is 0 Å². The van der Waals surface area contributed by atoms with Crippen LogP contribution in [0.4, 0.5) is 14.5 Å². The van der Waals surface area contributed by atoms with Crippen LogP contribution in [-0.2, 0) is 47.7 Å². The molecule has 13 nitrogen and oxygen atoms in total. The molecule has 3 aromatic carbocycles. The second kappa shape index (κ2) is 21.4. The van der Waals surface area contributed by atoms with Gasteiger partial charge in [-0.3, -0.25) is 29.0 Å². The third-order valence-electron chi connectivity index (χ3n) is 12.9. The number of carbonyl (C=O) groups excluding carboxylic acids is 5. The van der Waals surface area contributed by atoms with Crippen molar-refractivity contribution in [2.24, 2.45) is 11.3 Å². The molecule has 1 saturated heterocycles. The van der Waals surface area contributed by atoms with Gasteiger partial charge in [-0.1, -0.05) is 76.2 Å². The molecule has 7 rings (SSSR count). The highest BCUT2D eigenvalue weighted by Crippen LogP contribution is 2.36. The predicted octanol–water partition coefficient (Wildman–Crippen LogP) is 8.25. The van der Waals surface area contributed by atoms with E-state index in [9.17, 15) is 37.5 Å². The first-order valence-corrected chi connectivity index (χ1v) is 25.9. The van der Waals surface area contributed by atoms with E-state index in [1.54, 1.807) is 73.4 Å². The van der Waals surface area contributed by atoms with Gasteiger partial charge in [0.15, 0.2) is 15.6 Å². The van der Waals surface area contributed by atoms with Gasteiger partial charge in [0.2, 0.25) is 17.7 Å². The number of halogens is 2. The van der Waals surface area contributed by atoms with Crippen molar-refractivity contribution in [2.45, 2.75) is 97.6 Å². The molecule has 0 bridgehead atoms. The minimum absolute atomic E-state index is 0.0443. The molecule has 70 heavy (non-hydrogen) atoms. The SMILES string of the molecule is CCCS(=O)(=O)Cc1ccc(F)c(C(=O)C2=CCc3ncc(-c4ccc(N(C)C(=O)CCC(=O)C[C@H](C(=O)N5C[C@H](O)C[C@H]5C(=O)NCc5ccc(-c6scnc6C)cc5)C(C)(C)C)cc4)cc32)c1F. The number of likely N-dealkylation sites (tertiary alicyclic amines) is 1. The predicted molar refractivity (Wildman–Crippen MR) is 265 cm³/mol. The Morgan fingerprint density at radius 2 is 1.66 bits per heavy atom. The van der Waals surface area contributed by atoms with Crippen LogP contribution in [0.1, 0.15) is 98.2 Å². The zero-order valence-corrected chi connectivity index (χ0v) is 41.7. The van der Waals surface area contributed by atoms with Crippen molar-refractivity contribution in [1.82, 2.24) is 20.2 Å². The molecular weight excluding hydrogens is 937 g/mol. The number of benzene rings is 3. The smallest absolute Gasteiger partial charge is 0.243 e. The molecule has 0 saturated carbocycles. The van der Waals surface area contributed by atoms with Crippen LogP contribution < -0.4 is 10.2 Å². The van der Waals surface area contributed by atoms with Crippen molar-refractivity contribution in [3.8, 4) is 21.6 Å². The van der Waals surface area contributed by atoms with Crippen molar-refractivity contribution >= 4 is 61.7 Å². The highest BCUT2D eigenvalue weighted by atomic mass is 32.2. The van der Waals surface area contributed by atoms with Crippen LogP contribution in [0.25, 0.3) is 27.1 Å². The molecule has 1 aliphatic carbocycles. The summed E-state index contributed by atoms with van der Waals surface area (Å²) in [5.41, 5.74) is 5.58. The molecule has 0 unspecified atom stereocenters. The van der Waals surface area contributed by atoms with Gasteiger partial charge in [0, 0.05) is 92.3 Å². The Labute approximate surface area is 411 Å². The monoisotopic (exact) mass is 993 g/mol. The second-order valence-electron chi connectivity index (χ2n) is 19.1. The van der Waals surface area contributed by atoms with Gasteiger partial charge in [0.05, 0.1) is 44.9 Å². The summed E-state index contributed by atoms with van der Waals surface area (Å²) < 4.78 is 55.6. The Kier molecular flexibility index (Phi) is 15.7. The van der Waals surface area contributed by atoms with Crippen LogP contribution in [0.15, 0.2) is 84.5 Å². The van der Waals surface area contributed by atoms with Crippen LogP contribution in [-0.4, -0.2) is 89.2 Å². The van der Waals surface area contributed by atoms with E-state index in [1.165, 1.54) is 9.80 Å². The van der Waals surface area contributed by atoms with Gasteiger partial charge in [-0.15, -0.1) is 11.3 Å². The number of nitrogens with one attached hydrogen (secondary N) is 1. The number of β-amino-alcohol motifs (C(OH)–C–C–N with tert-alkyl or cyclic N) is 1. The number of anilines is 1. The Bertz CT molecular complexity index is 2970. The van der Waals surface area contributed by atoms with Crippen molar-refractivity contribution in [1.29, 1.82) is 0 Å². The molecule has 2 aromatic heterocycles. The number of rotatable bonds is 18. The number of amides is 3. The number of aliphatic hydroxyl groups excluding tert-OH is 1. The lowest BCUT2D eigenvalue weighted by atomic mass is 9.76. The van der Waals surface area contributed by atoms with Gasteiger partial charge in [-0.05, 0) is 59.7 Å². The first-order chi connectivity index (χ1) is 33.1. The summed E-state index contributed by atoms with van der Waals surface area (Å²) in [7, 11) is -2.10. The van der Waals surface area contributed by atoms with E-state index in [0.29, 0.717) is 34.5 Å². The molecule has 368 valence electrons. The maximum absolute atomic E-state index is 15.6. The van der Waals surface area contributed by atoms with E-state index in [-0.39, 0.29) is 73.8 Å². The number of aryl methyl sites for hydroxylation is 1. The Morgan fingerprint density at radius 1 is 0.957 bits per heavy atom. The van der Waals surface area contributed by atoms with Gasteiger partial charge in [0.1, 0.15) is 23.5 Å². The van der Waals surface area contributed by atoms with E-state index in [4.69, 9.17) is 0 Å². The van der Waals surface area contributed by atoms with Gasteiger partial charge in [-0.25, -0.2) is 22.2 Å². The zero-order chi connectivity index (χ0) is 50.7. The van der Waals surface area contributed by atoms with E-state index in [1.807, 2.05) is 52.0 Å². The molecule has 2 N–H and O–H groups in total. The number of fused-ring (bicyclic) bond motifs is 1. The summed E-state index contributed by atoms with van der Waals surface area (Å²) in [5.74, 6) is -6.34. The molecule has 0 radical (unpaired) electrons. The lowest BCUT2D eigenvalue weighted by Crippen LogP contribution is -2.50. The Morgan fingerprint density at radius 3 is 2.31 bits per heavy atom. The molecule has 3 atom stereocenters. The minimum atomic E-state index is -3.68. The van der Waals surface area contributed by atoms with Crippen molar-refractivity contribution in [3.63, 3.8) is 0 Å². The molecule has 3 amide bonds. The number of allylic oxidation sites excluding steroid dienone is 2. The fourth-order valence-electron chi connectivity index (χ4n) is 8.94. The molecular formula is C53H57F2N5O8S2. The fourth-order valence-corrected chi connectivity index (χ4v) is 11.2. The number of aromatic nitrogens is 2. The number of Topliss-reactive ketones (excluding diaryl/α,β-unsaturated/α-hetero) is 2. The number of carbonyl (C=O) groups is 5. The number of aliphatic hydroxyl groups is 1. The summed E-state index contributed by atoms with van der Waals surface area (Å²) in [6.45, 7) is 9.33. The van der Waals surface area contributed by atoms with Gasteiger partial charge < -0.3 is 20.2 Å². The standard InChI is InChI=1S/C53H57F2N5O8S2/c1-7-22-70(67,68)29-35-14-19-43(54)47(48(35)55)49(64)40-18-20-44-41(40)23-36(27-56-44)33-12-15-37(16-13-33)59(6)46(63)21-17-38(61)24-42(53(3,4)5)52(66)60-28-39(62)25-45(60)51(65)57-26-32-8-10-34(11-9-32)50-31(2)58-30-69-50/h8-16,18-19,23,27,30,39,42,45,62H,7,17,20-22,24-26,28-29H2,1-6H3,(H,57,65)/t39-,42-,45+/m1/s1. The third-order valence-corrected chi connectivity index (χ3v) is 15.7. The lowest BCUT2D eigenvalue weighted by Gasteiger charge is -2.34. The third kappa shape index (κ3) is 11.6. The molecule has 17 heteroatoms. The minimum Gasteiger partial charge on any atom is -0.391 e. The van der Waals surface area contributed by atoms with E-state index >= 15 is 8.78 Å². The summed E-state index contributed by atoms with van der Waals surface area (Å²) in [5, 5.41) is 13.6. The maximum Gasteiger partial charge on any atom is 0.243 e. The fraction of sp³-hybridized carbons (Fsp3) is 0.377. The van der Waals surface area contributed by atoms with E-state index < -0.39 is 73.9 Å². The lowest BCUT2D eigenvalue weighted by molar-refractivity contribution is -0.146. The highest BCUT2D eigenvalue weighted by molar-refractivity contribution is 7.90. The van der Waals surface area contributed by atoms with Crippen LogP contribution >= 0.6 is 11.3 Å².